The molecule has 2 aromatic rings. The molecule has 0 saturated carbocycles. The number of halogens is 1. The third kappa shape index (κ3) is 4.21. The summed E-state index contributed by atoms with van der Waals surface area (Å²) in [6.07, 6.45) is -0.0387. The largest absolute Gasteiger partial charge is 0.493 e. The summed E-state index contributed by atoms with van der Waals surface area (Å²) in [4.78, 5) is 7.91. The van der Waals surface area contributed by atoms with E-state index < -0.39 is 0 Å². The second-order valence-corrected chi connectivity index (χ2v) is 7.23. The fourth-order valence-electron chi connectivity index (χ4n) is 3.88. The fraction of sp³-hybridized carbons (Fsp3) is 0.409. The van der Waals surface area contributed by atoms with Crippen molar-refractivity contribution in [3.63, 3.8) is 0 Å². The lowest BCUT2D eigenvalue weighted by molar-refractivity contribution is 0.0745. The van der Waals surface area contributed by atoms with Crippen LogP contribution in [0.15, 0.2) is 47.6 Å². The molecule has 0 amide bonds. The van der Waals surface area contributed by atoms with E-state index in [0.29, 0.717) is 36.0 Å². The molecule has 6 nitrogen and oxygen atoms in total. The van der Waals surface area contributed by atoms with Gasteiger partial charge in [-0.1, -0.05) is 29.4 Å². The first-order valence-corrected chi connectivity index (χ1v) is 9.69. The molecule has 4 rings (SSSR count). The number of oxime groups is 1. The van der Waals surface area contributed by atoms with Crippen LogP contribution in [0.3, 0.4) is 0 Å². The maximum absolute atomic E-state index is 14.2. The number of rotatable bonds is 8. The molecule has 29 heavy (non-hydrogen) atoms. The minimum atomic E-state index is -0.261. The second-order valence-electron chi connectivity index (χ2n) is 7.23. The van der Waals surface area contributed by atoms with Crippen molar-refractivity contribution in [2.24, 2.45) is 11.1 Å². The van der Waals surface area contributed by atoms with Crippen LogP contribution < -0.4 is 9.47 Å². The average molecular weight is 400 g/mol. The smallest absolute Gasteiger partial charge is 0.161 e. The highest BCUT2D eigenvalue weighted by Gasteiger charge is 2.43. The van der Waals surface area contributed by atoms with E-state index in [1.165, 1.54) is 6.07 Å². The molecule has 2 unspecified atom stereocenters. The number of hydrogen-bond donors (Lipinski definition) is 0. The minimum Gasteiger partial charge on any atom is -0.493 e. The zero-order valence-electron chi connectivity index (χ0n) is 16.6. The lowest BCUT2D eigenvalue weighted by Gasteiger charge is -2.18. The third-order valence-corrected chi connectivity index (χ3v) is 5.31. The van der Waals surface area contributed by atoms with Crippen LogP contribution in [0.2, 0.25) is 0 Å². The van der Waals surface area contributed by atoms with Crippen LogP contribution in [0.1, 0.15) is 11.1 Å². The van der Waals surface area contributed by atoms with E-state index in [4.69, 9.17) is 19.0 Å². The van der Waals surface area contributed by atoms with Gasteiger partial charge in [0.05, 0.1) is 25.3 Å². The number of nitrogens with zero attached hydrogens (tertiary/aromatic N) is 2. The molecule has 0 spiro atoms. The van der Waals surface area contributed by atoms with Crippen molar-refractivity contribution in [1.29, 1.82) is 0 Å². The summed E-state index contributed by atoms with van der Waals surface area (Å²) in [6, 6.07) is 12.7. The number of ether oxygens (including phenoxy) is 3. The van der Waals surface area contributed by atoms with E-state index in [2.05, 4.69) is 10.1 Å². The van der Waals surface area contributed by atoms with Crippen LogP contribution in [-0.2, 0) is 16.1 Å². The van der Waals surface area contributed by atoms with Crippen LogP contribution in [0.5, 0.6) is 11.5 Å². The van der Waals surface area contributed by atoms with Crippen LogP contribution >= 0.6 is 0 Å². The van der Waals surface area contributed by atoms with Crippen molar-refractivity contribution in [2.45, 2.75) is 12.6 Å². The van der Waals surface area contributed by atoms with Crippen molar-refractivity contribution >= 4 is 5.71 Å². The molecular weight excluding hydrogens is 375 g/mol. The highest BCUT2D eigenvalue weighted by molar-refractivity contribution is 6.03. The van der Waals surface area contributed by atoms with E-state index in [9.17, 15) is 4.39 Å². The fourth-order valence-corrected chi connectivity index (χ4v) is 3.88. The van der Waals surface area contributed by atoms with Gasteiger partial charge in [-0.3, -0.25) is 4.90 Å². The Bertz CT molecular complexity index is 889. The van der Waals surface area contributed by atoms with Gasteiger partial charge in [0.15, 0.2) is 11.5 Å². The zero-order chi connectivity index (χ0) is 20.2. The highest BCUT2D eigenvalue weighted by Crippen LogP contribution is 2.33. The Balaban J connectivity index is 1.42. The van der Waals surface area contributed by atoms with Gasteiger partial charge in [0.1, 0.15) is 18.5 Å². The third-order valence-electron chi connectivity index (χ3n) is 5.31. The number of fused-ring (bicyclic) bond motifs is 1. The lowest BCUT2D eigenvalue weighted by Crippen LogP contribution is -2.23. The molecule has 1 fully saturated rings. The van der Waals surface area contributed by atoms with Gasteiger partial charge in [-0.25, -0.2) is 4.39 Å². The lowest BCUT2D eigenvalue weighted by atomic mass is 9.94. The molecule has 2 heterocycles. The molecule has 154 valence electrons. The summed E-state index contributed by atoms with van der Waals surface area (Å²) < 4.78 is 30.4. The standard InChI is InChI=1S/C22H25FN2O4/c1-26-9-10-28-19-8-7-15(11-20(19)27-2)12-25-13-17-21(14-25)29-24-22(17)16-5-3-4-6-18(16)23/h3-8,11,17,21H,9-10,12-14H2,1-2H3. The molecule has 7 heteroatoms. The van der Waals surface area contributed by atoms with E-state index >= 15 is 0 Å². The minimum absolute atomic E-state index is 0.0387. The summed E-state index contributed by atoms with van der Waals surface area (Å²) in [5, 5.41) is 4.17. The van der Waals surface area contributed by atoms with Crippen LogP contribution in [0, 0.1) is 11.7 Å². The molecule has 2 atom stereocenters. The van der Waals surface area contributed by atoms with Gasteiger partial charge in [-0.05, 0) is 23.8 Å². The van der Waals surface area contributed by atoms with Gasteiger partial charge in [0, 0.05) is 32.3 Å². The van der Waals surface area contributed by atoms with Crippen LogP contribution in [0.25, 0.3) is 0 Å². The molecule has 2 aliphatic heterocycles. The monoisotopic (exact) mass is 400 g/mol. The molecule has 0 aromatic heterocycles. The Labute approximate surface area is 169 Å². The van der Waals surface area contributed by atoms with E-state index in [0.717, 1.165) is 25.2 Å². The van der Waals surface area contributed by atoms with Crippen molar-refractivity contribution in [3.05, 3.63) is 59.4 Å². The maximum atomic E-state index is 14.2. The Morgan fingerprint density at radius 3 is 2.76 bits per heavy atom. The van der Waals surface area contributed by atoms with Crippen molar-refractivity contribution < 1.29 is 23.4 Å². The number of likely N-dealkylation sites (tertiary alicyclic amines) is 1. The van der Waals surface area contributed by atoms with E-state index in [1.54, 1.807) is 26.4 Å². The number of hydrogen-bond acceptors (Lipinski definition) is 6. The Kier molecular flexibility index (Phi) is 5.97. The molecular formula is C22H25FN2O4. The SMILES string of the molecule is COCCOc1ccc(CN2CC3ON=C(c4ccccc4F)C3C2)cc1OC. The normalized spacial score (nSPS) is 20.9. The Morgan fingerprint density at radius 1 is 1.10 bits per heavy atom. The topological polar surface area (TPSA) is 52.5 Å². The van der Waals surface area contributed by atoms with E-state index in [1.807, 2.05) is 24.3 Å². The molecule has 0 radical (unpaired) electrons. The van der Waals surface area contributed by atoms with Crippen LogP contribution in [0.4, 0.5) is 4.39 Å². The van der Waals surface area contributed by atoms with E-state index in [-0.39, 0.29) is 17.8 Å². The Hall–Kier alpha value is -2.64. The summed E-state index contributed by atoms with van der Waals surface area (Å²) in [5.74, 6) is 1.21. The summed E-state index contributed by atoms with van der Waals surface area (Å²) in [7, 11) is 3.27. The van der Waals surface area contributed by atoms with Gasteiger partial charge in [-0.2, -0.15) is 0 Å². The van der Waals surface area contributed by atoms with Crippen LogP contribution in [-0.4, -0.2) is 57.2 Å². The zero-order valence-corrected chi connectivity index (χ0v) is 16.6. The number of benzene rings is 2. The molecule has 0 aliphatic carbocycles. The van der Waals surface area contributed by atoms with Gasteiger partial charge in [-0.15, -0.1) is 0 Å². The van der Waals surface area contributed by atoms with Gasteiger partial charge >= 0.3 is 0 Å². The molecule has 2 aliphatic rings. The summed E-state index contributed by atoms with van der Waals surface area (Å²) in [6.45, 7) is 3.26. The quantitative estimate of drug-likeness (QED) is 0.638. The van der Waals surface area contributed by atoms with Gasteiger partial charge in [0.25, 0.3) is 0 Å². The molecule has 0 N–H and O–H groups in total. The summed E-state index contributed by atoms with van der Waals surface area (Å²) >= 11 is 0. The predicted octanol–water partition coefficient (Wildman–Crippen LogP) is 3.09. The first-order valence-electron chi connectivity index (χ1n) is 9.69. The van der Waals surface area contributed by atoms with Gasteiger partial charge in [0.2, 0.25) is 0 Å². The second kappa shape index (κ2) is 8.80. The van der Waals surface area contributed by atoms with Crippen molar-refractivity contribution in [2.75, 3.05) is 40.5 Å². The Morgan fingerprint density at radius 2 is 1.97 bits per heavy atom. The van der Waals surface area contributed by atoms with Crippen molar-refractivity contribution in [1.82, 2.24) is 4.90 Å². The predicted molar refractivity (Wildman–Crippen MR) is 107 cm³/mol. The highest BCUT2D eigenvalue weighted by atomic mass is 19.1. The summed E-state index contributed by atoms with van der Waals surface area (Å²) in [5.41, 5.74) is 2.35. The molecule has 2 aromatic carbocycles. The first kappa shape index (κ1) is 19.7. The molecule has 1 saturated heterocycles. The molecule has 0 bridgehead atoms. The first-order chi connectivity index (χ1) is 14.2. The average Bonchev–Trinajstić information content (AvgIpc) is 3.30. The maximum Gasteiger partial charge on any atom is 0.161 e. The number of methoxy groups -OCH3 is 2. The van der Waals surface area contributed by atoms with Crippen molar-refractivity contribution in [3.8, 4) is 11.5 Å². The van der Waals surface area contributed by atoms with Gasteiger partial charge < -0.3 is 19.0 Å².